The summed E-state index contributed by atoms with van der Waals surface area (Å²) in [4.78, 5) is 15.3. The molecule has 34 heavy (non-hydrogen) atoms. The lowest BCUT2D eigenvalue weighted by atomic mass is 9.87. The Morgan fingerprint density at radius 1 is 1.12 bits per heavy atom. The van der Waals surface area contributed by atoms with Gasteiger partial charge < -0.3 is 14.8 Å². The Balaban J connectivity index is 1.68. The van der Waals surface area contributed by atoms with Crippen LogP contribution < -0.4 is 14.8 Å². The lowest BCUT2D eigenvalue weighted by Crippen LogP contribution is -2.47. The minimum atomic E-state index is -0.261. The van der Waals surface area contributed by atoms with Crippen LogP contribution in [0.2, 0.25) is 5.02 Å². The van der Waals surface area contributed by atoms with E-state index < -0.39 is 0 Å². The minimum absolute atomic E-state index is 0.128. The van der Waals surface area contributed by atoms with Crippen LogP contribution in [0.4, 0.5) is 4.39 Å². The van der Waals surface area contributed by atoms with Crippen LogP contribution in [0, 0.1) is 5.82 Å². The number of hydrogen-bond donors (Lipinski definition) is 1. The molecular weight excluding hydrogens is 455 g/mol. The summed E-state index contributed by atoms with van der Waals surface area (Å²) >= 11 is 6.09. The number of nitrogens with one attached hydrogen (secondary N) is 1. The van der Waals surface area contributed by atoms with Crippen LogP contribution in [0.1, 0.15) is 40.0 Å². The Bertz CT molecular complexity index is 1170. The van der Waals surface area contributed by atoms with E-state index in [2.05, 4.69) is 10.2 Å². The van der Waals surface area contributed by atoms with Crippen LogP contribution >= 0.6 is 11.6 Å². The Hall–Kier alpha value is -3.09. The standard InChI is InChI=1S/C27H28ClFN2O3/c1-17(30-27(32)20-5-4-6-21(28)13-20)26-23-15-25(34-3)24(33-2)14-19(23)11-12-31(26)16-18-7-9-22(29)10-8-18/h4-10,13-15,17,26H,11-12,16H2,1-3H3,(H,30,32)/t17-,26-/m1/s1. The van der Waals surface area contributed by atoms with Crippen molar-refractivity contribution >= 4 is 17.5 Å². The van der Waals surface area contributed by atoms with Crippen LogP contribution in [0.15, 0.2) is 60.7 Å². The zero-order chi connectivity index (χ0) is 24.2. The molecule has 4 rings (SSSR count). The third-order valence-corrected chi connectivity index (χ3v) is 6.48. The van der Waals surface area contributed by atoms with Gasteiger partial charge in [0.2, 0.25) is 0 Å². The van der Waals surface area contributed by atoms with Gasteiger partial charge in [0, 0.05) is 29.7 Å². The van der Waals surface area contributed by atoms with E-state index in [0.717, 1.165) is 29.7 Å². The molecule has 0 saturated carbocycles. The zero-order valence-electron chi connectivity index (χ0n) is 19.5. The molecule has 7 heteroatoms. The molecule has 1 N–H and O–H groups in total. The Kier molecular flexibility index (Phi) is 7.39. The maximum atomic E-state index is 13.5. The number of fused-ring (bicyclic) bond motifs is 1. The van der Waals surface area contributed by atoms with E-state index in [4.69, 9.17) is 21.1 Å². The summed E-state index contributed by atoms with van der Waals surface area (Å²) < 4.78 is 24.5. The highest BCUT2D eigenvalue weighted by atomic mass is 35.5. The molecule has 3 aromatic rings. The van der Waals surface area contributed by atoms with Gasteiger partial charge in [0.15, 0.2) is 11.5 Å². The van der Waals surface area contributed by atoms with Crippen molar-refractivity contribution in [3.63, 3.8) is 0 Å². The van der Waals surface area contributed by atoms with Gasteiger partial charge in [0.1, 0.15) is 5.82 Å². The molecule has 0 unspecified atom stereocenters. The van der Waals surface area contributed by atoms with Gasteiger partial charge in [0.25, 0.3) is 5.91 Å². The molecule has 0 saturated heterocycles. The van der Waals surface area contributed by atoms with Crippen LogP contribution in [0.3, 0.4) is 0 Å². The van der Waals surface area contributed by atoms with E-state index in [1.807, 2.05) is 19.1 Å². The van der Waals surface area contributed by atoms with Crippen molar-refractivity contribution in [3.05, 3.63) is 93.8 Å². The maximum absolute atomic E-state index is 13.5. The summed E-state index contributed by atoms with van der Waals surface area (Å²) in [6.07, 6.45) is 0.822. The van der Waals surface area contributed by atoms with Crippen LogP contribution in [-0.4, -0.2) is 37.6 Å². The average molecular weight is 483 g/mol. The molecule has 1 aliphatic heterocycles. The molecule has 0 fully saturated rings. The lowest BCUT2D eigenvalue weighted by Gasteiger charge is -2.41. The fourth-order valence-electron chi connectivity index (χ4n) is 4.61. The molecule has 3 aromatic carbocycles. The summed E-state index contributed by atoms with van der Waals surface area (Å²) in [5.41, 5.74) is 3.74. The second-order valence-corrected chi connectivity index (χ2v) is 8.91. The smallest absolute Gasteiger partial charge is 0.251 e. The van der Waals surface area contributed by atoms with Gasteiger partial charge in [0.05, 0.1) is 20.3 Å². The second-order valence-electron chi connectivity index (χ2n) is 8.47. The van der Waals surface area contributed by atoms with Crippen LogP contribution in [0.5, 0.6) is 11.5 Å². The predicted molar refractivity (Wildman–Crippen MR) is 131 cm³/mol. The molecular formula is C27H28ClFN2O3. The molecule has 0 radical (unpaired) electrons. The molecule has 2 atom stereocenters. The molecule has 178 valence electrons. The monoisotopic (exact) mass is 482 g/mol. The number of rotatable bonds is 7. The molecule has 0 aliphatic carbocycles. The van der Waals surface area contributed by atoms with E-state index >= 15 is 0 Å². The van der Waals surface area contributed by atoms with Crippen molar-refractivity contribution in [3.8, 4) is 11.5 Å². The first-order valence-corrected chi connectivity index (χ1v) is 11.6. The number of ether oxygens (including phenoxy) is 2. The predicted octanol–water partition coefficient (Wildman–Crippen LogP) is 5.41. The number of amides is 1. The van der Waals surface area contributed by atoms with Crippen molar-refractivity contribution in [1.82, 2.24) is 10.2 Å². The largest absolute Gasteiger partial charge is 0.493 e. The third-order valence-electron chi connectivity index (χ3n) is 6.24. The highest BCUT2D eigenvalue weighted by Gasteiger charge is 2.34. The second kappa shape index (κ2) is 10.5. The van der Waals surface area contributed by atoms with Crippen molar-refractivity contribution in [2.45, 2.75) is 32.0 Å². The first-order valence-electron chi connectivity index (χ1n) is 11.2. The topological polar surface area (TPSA) is 50.8 Å². The number of benzene rings is 3. The third kappa shape index (κ3) is 5.18. The summed E-state index contributed by atoms with van der Waals surface area (Å²) in [5.74, 6) is 0.874. The number of carbonyl (C=O) groups is 1. The molecule has 5 nitrogen and oxygen atoms in total. The first-order chi connectivity index (χ1) is 16.4. The molecule has 0 spiro atoms. The van der Waals surface area contributed by atoms with Crippen molar-refractivity contribution in [1.29, 1.82) is 0 Å². The molecule has 1 aliphatic rings. The first kappa shape index (κ1) is 24.0. The summed E-state index contributed by atoms with van der Waals surface area (Å²) in [6, 6.07) is 17.1. The molecule has 1 amide bonds. The van der Waals surface area contributed by atoms with E-state index in [1.165, 1.54) is 12.1 Å². The van der Waals surface area contributed by atoms with Crippen LogP contribution in [-0.2, 0) is 13.0 Å². The van der Waals surface area contributed by atoms with E-state index in [0.29, 0.717) is 28.6 Å². The maximum Gasteiger partial charge on any atom is 0.251 e. The van der Waals surface area contributed by atoms with E-state index in [1.54, 1.807) is 50.6 Å². The van der Waals surface area contributed by atoms with Crippen molar-refractivity contribution in [2.75, 3.05) is 20.8 Å². The highest BCUT2D eigenvalue weighted by molar-refractivity contribution is 6.30. The van der Waals surface area contributed by atoms with Gasteiger partial charge in [-0.05, 0) is 72.5 Å². The Morgan fingerprint density at radius 3 is 2.50 bits per heavy atom. The van der Waals surface area contributed by atoms with Crippen molar-refractivity contribution < 1.29 is 18.7 Å². The number of halogens is 2. The molecule has 1 heterocycles. The average Bonchev–Trinajstić information content (AvgIpc) is 2.84. The van der Waals surface area contributed by atoms with Crippen LogP contribution in [0.25, 0.3) is 0 Å². The van der Waals surface area contributed by atoms with Gasteiger partial charge in [-0.25, -0.2) is 4.39 Å². The lowest BCUT2D eigenvalue weighted by molar-refractivity contribution is 0.0877. The molecule has 0 bridgehead atoms. The van der Waals surface area contributed by atoms with E-state index in [-0.39, 0.29) is 23.8 Å². The molecule has 0 aromatic heterocycles. The Morgan fingerprint density at radius 2 is 1.82 bits per heavy atom. The van der Waals surface area contributed by atoms with Gasteiger partial charge in [-0.3, -0.25) is 9.69 Å². The van der Waals surface area contributed by atoms with Gasteiger partial charge >= 0.3 is 0 Å². The van der Waals surface area contributed by atoms with Crippen molar-refractivity contribution in [2.24, 2.45) is 0 Å². The fraction of sp³-hybridized carbons (Fsp3) is 0.296. The van der Waals surface area contributed by atoms with Gasteiger partial charge in [-0.2, -0.15) is 0 Å². The van der Waals surface area contributed by atoms with E-state index in [9.17, 15) is 9.18 Å². The fourth-order valence-corrected chi connectivity index (χ4v) is 4.80. The number of methoxy groups -OCH3 is 2. The summed E-state index contributed by atoms with van der Waals surface area (Å²) in [7, 11) is 3.24. The van der Waals surface area contributed by atoms with Gasteiger partial charge in [-0.15, -0.1) is 0 Å². The zero-order valence-corrected chi connectivity index (χ0v) is 20.2. The normalized spacial score (nSPS) is 16.4. The number of hydrogen-bond acceptors (Lipinski definition) is 4. The van der Waals surface area contributed by atoms with Gasteiger partial charge in [-0.1, -0.05) is 29.8 Å². The summed E-state index contributed by atoms with van der Waals surface area (Å²) in [6.45, 7) is 3.40. The quantitative estimate of drug-likeness (QED) is 0.489. The number of carbonyl (C=O) groups excluding carboxylic acids is 1. The SMILES string of the molecule is COc1cc2c(cc1OC)[C@@H]([C@@H](C)NC(=O)c1cccc(Cl)c1)N(Cc1ccc(F)cc1)CC2. The number of nitrogens with zero attached hydrogens (tertiary/aromatic N) is 1. The summed E-state index contributed by atoms with van der Waals surface area (Å²) in [5, 5.41) is 3.67. The minimum Gasteiger partial charge on any atom is -0.493 e. The highest BCUT2D eigenvalue weighted by Crippen LogP contribution is 2.40. The Labute approximate surface area is 204 Å².